The zero-order chi connectivity index (χ0) is 17.1. The molecule has 3 N–H and O–H groups in total. The number of fused-ring (bicyclic) bond motifs is 1. The van der Waals surface area contributed by atoms with Crippen LogP contribution in [0.15, 0.2) is 41.3 Å². The lowest BCUT2D eigenvalue weighted by Crippen LogP contribution is -2.31. The molecule has 6 heteroatoms. The van der Waals surface area contributed by atoms with Gasteiger partial charge in [-0.2, -0.15) is 0 Å². The Morgan fingerprint density at radius 1 is 1.20 bits per heavy atom. The molecular weight excluding hydrogens is 402 g/mol. The van der Waals surface area contributed by atoms with Crippen LogP contribution in [-0.4, -0.2) is 52.7 Å². The number of phenolic OH excluding ortho intramolecular Hbond substituents is 2. The van der Waals surface area contributed by atoms with Crippen LogP contribution < -0.4 is 0 Å². The highest BCUT2D eigenvalue weighted by Crippen LogP contribution is 2.44. The van der Waals surface area contributed by atoms with Crippen molar-refractivity contribution in [2.24, 2.45) is 0 Å². The van der Waals surface area contributed by atoms with Crippen LogP contribution in [0.25, 0.3) is 0 Å². The molecule has 0 amide bonds. The maximum absolute atomic E-state index is 10.2. The lowest BCUT2D eigenvalue weighted by molar-refractivity contribution is 0.197. The molecule has 1 atom stereocenters. The van der Waals surface area contributed by atoms with Crippen molar-refractivity contribution in [1.82, 2.24) is 4.90 Å². The number of halogens is 1. The smallest absolute Gasteiger partial charge is 0.171 e. The van der Waals surface area contributed by atoms with Crippen molar-refractivity contribution < 1.29 is 15.3 Å². The molecule has 0 spiro atoms. The summed E-state index contributed by atoms with van der Waals surface area (Å²) in [5.41, 5.74) is 3.36. The Bertz CT molecular complexity index is 712. The summed E-state index contributed by atoms with van der Waals surface area (Å²) in [5, 5.41) is 29.8. The van der Waals surface area contributed by atoms with Gasteiger partial charge in [-0.25, -0.2) is 0 Å². The predicted molar refractivity (Wildman–Crippen MR) is 107 cm³/mol. The van der Waals surface area contributed by atoms with Gasteiger partial charge < -0.3 is 15.3 Å². The van der Waals surface area contributed by atoms with Crippen LogP contribution in [0.4, 0.5) is 0 Å². The average molecular weight is 426 g/mol. The number of benzene rings is 2. The number of phenols is 2. The Hall–Kier alpha value is -1.21. The highest BCUT2D eigenvalue weighted by Gasteiger charge is 2.28. The van der Waals surface area contributed by atoms with Crippen molar-refractivity contribution in [2.45, 2.75) is 17.2 Å². The number of thioether (sulfide) groups is 1. The van der Waals surface area contributed by atoms with E-state index in [-0.39, 0.29) is 41.0 Å². The molecule has 25 heavy (non-hydrogen) atoms. The molecule has 136 valence electrons. The lowest BCUT2D eigenvalue weighted by Gasteiger charge is -2.25. The normalized spacial score (nSPS) is 17.4. The van der Waals surface area contributed by atoms with Crippen LogP contribution in [0.5, 0.6) is 11.5 Å². The minimum Gasteiger partial charge on any atom is -0.504 e. The number of hydrogen-bond donors (Lipinski definition) is 3. The van der Waals surface area contributed by atoms with Gasteiger partial charge in [0, 0.05) is 25.6 Å². The van der Waals surface area contributed by atoms with Gasteiger partial charge in [-0.15, -0.1) is 28.7 Å². The summed E-state index contributed by atoms with van der Waals surface area (Å²) in [6.45, 7) is 2.37. The van der Waals surface area contributed by atoms with Gasteiger partial charge in [-0.1, -0.05) is 30.3 Å². The molecule has 1 aliphatic rings. The van der Waals surface area contributed by atoms with Gasteiger partial charge in [0.2, 0.25) is 0 Å². The SMILES string of the molecule is Br.CSc1c(O)c(O)cc2c1CCN(CCO)CC2c1ccccc1. The summed E-state index contributed by atoms with van der Waals surface area (Å²) in [4.78, 5) is 3.01. The van der Waals surface area contributed by atoms with Crippen LogP contribution >= 0.6 is 28.7 Å². The maximum Gasteiger partial charge on any atom is 0.171 e. The molecule has 2 aromatic rings. The fourth-order valence-corrected chi connectivity index (χ4v) is 4.28. The van der Waals surface area contributed by atoms with E-state index in [0.29, 0.717) is 6.54 Å². The van der Waals surface area contributed by atoms with Crippen molar-refractivity contribution in [1.29, 1.82) is 0 Å². The topological polar surface area (TPSA) is 63.9 Å². The molecule has 1 heterocycles. The first-order chi connectivity index (χ1) is 11.7. The molecule has 4 nitrogen and oxygen atoms in total. The third-order valence-corrected chi connectivity index (χ3v) is 5.54. The Labute approximate surface area is 163 Å². The van der Waals surface area contributed by atoms with Gasteiger partial charge in [0.1, 0.15) is 0 Å². The Morgan fingerprint density at radius 2 is 1.92 bits per heavy atom. The first kappa shape index (κ1) is 20.1. The van der Waals surface area contributed by atoms with Gasteiger partial charge in [-0.05, 0) is 35.4 Å². The Morgan fingerprint density at radius 3 is 2.56 bits per heavy atom. The molecule has 0 aliphatic carbocycles. The summed E-state index contributed by atoms with van der Waals surface area (Å²) in [5.74, 6) is 0.0194. The molecule has 0 bridgehead atoms. The van der Waals surface area contributed by atoms with Crippen LogP contribution in [0.2, 0.25) is 0 Å². The minimum absolute atomic E-state index is 0. The lowest BCUT2D eigenvalue weighted by atomic mass is 9.87. The van der Waals surface area contributed by atoms with Crippen molar-refractivity contribution in [3.63, 3.8) is 0 Å². The van der Waals surface area contributed by atoms with Gasteiger partial charge in [-0.3, -0.25) is 4.90 Å². The van der Waals surface area contributed by atoms with E-state index < -0.39 is 0 Å². The first-order valence-electron chi connectivity index (χ1n) is 8.15. The fourth-order valence-electron chi connectivity index (χ4n) is 3.51. The highest BCUT2D eigenvalue weighted by atomic mass is 79.9. The van der Waals surface area contributed by atoms with Crippen LogP contribution in [-0.2, 0) is 6.42 Å². The molecular formula is C19H24BrNO3S. The molecule has 0 fully saturated rings. The van der Waals surface area contributed by atoms with E-state index in [0.717, 1.165) is 35.5 Å². The van der Waals surface area contributed by atoms with Crippen LogP contribution in [0, 0.1) is 0 Å². The number of aromatic hydroxyl groups is 2. The zero-order valence-corrected chi connectivity index (χ0v) is 16.7. The Kier molecular flexibility index (Phi) is 7.19. The predicted octanol–water partition coefficient (Wildman–Crippen LogP) is 3.38. The van der Waals surface area contributed by atoms with Gasteiger partial charge in [0.15, 0.2) is 11.5 Å². The number of β-amino-alcohol motifs (C(OH)–C–C–N with tert-alkyl or cyclic N) is 1. The van der Waals surface area contributed by atoms with Crippen LogP contribution in [0.1, 0.15) is 22.6 Å². The number of aliphatic hydroxyl groups is 1. The van der Waals surface area contributed by atoms with Crippen molar-refractivity contribution in [3.8, 4) is 11.5 Å². The molecule has 0 aromatic heterocycles. The molecule has 0 saturated heterocycles. The monoisotopic (exact) mass is 425 g/mol. The van der Waals surface area contributed by atoms with Gasteiger partial charge in [0.05, 0.1) is 11.5 Å². The number of rotatable bonds is 4. The zero-order valence-electron chi connectivity index (χ0n) is 14.2. The fraction of sp³-hybridized carbons (Fsp3) is 0.368. The average Bonchev–Trinajstić information content (AvgIpc) is 2.77. The van der Waals surface area contributed by atoms with E-state index >= 15 is 0 Å². The number of aliphatic hydroxyl groups excluding tert-OH is 1. The van der Waals surface area contributed by atoms with E-state index in [2.05, 4.69) is 17.0 Å². The first-order valence-corrected chi connectivity index (χ1v) is 9.38. The van der Waals surface area contributed by atoms with Gasteiger partial charge >= 0.3 is 0 Å². The summed E-state index contributed by atoms with van der Waals surface area (Å²) in [7, 11) is 0. The molecule has 1 aliphatic heterocycles. The summed E-state index contributed by atoms with van der Waals surface area (Å²) < 4.78 is 0. The maximum atomic E-state index is 10.2. The molecule has 1 unspecified atom stereocenters. The standard InChI is InChI=1S/C19H23NO3S.BrH/c1-24-19-14-7-8-20(9-10-21)12-16(13-5-3-2-4-6-13)15(14)11-17(22)18(19)23;/h2-6,11,16,21-23H,7-10,12H2,1H3;1H. The number of hydrogen-bond acceptors (Lipinski definition) is 5. The van der Waals surface area contributed by atoms with Crippen molar-refractivity contribution in [2.75, 3.05) is 32.5 Å². The highest BCUT2D eigenvalue weighted by molar-refractivity contribution is 8.93. The number of nitrogens with zero attached hydrogens (tertiary/aromatic N) is 1. The van der Waals surface area contributed by atoms with E-state index in [9.17, 15) is 15.3 Å². The quantitative estimate of drug-likeness (QED) is 0.517. The van der Waals surface area contributed by atoms with Crippen LogP contribution in [0.3, 0.4) is 0 Å². The second-order valence-corrected chi connectivity index (χ2v) is 6.90. The van der Waals surface area contributed by atoms with E-state index in [1.54, 1.807) is 6.07 Å². The Balaban J connectivity index is 0.00000225. The van der Waals surface area contributed by atoms with E-state index in [1.807, 2.05) is 24.5 Å². The molecule has 3 rings (SSSR count). The van der Waals surface area contributed by atoms with Crippen molar-refractivity contribution >= 4 is 28.7 Å². The van der Waals surface area contributed by atoms with E-state index in [4.69, 9.17) is 0 Å². The second-order valence-electron chi connectivity index (χ2n) is 6.08. The largest absolute Gasteiger partial charge is 0.504 e. The third-order valence-electron chi connectivity index (χ3n) is 4.69. The molecule has 0 saturated carbocycles. The minimum atomic E-state index is -0.0605. The molecule has 0 radical (unpaired) electrons. The summed E-state index contributed by atoms with van der Waals surface area (Å²) in [6, 6.07) is 11.9. The second kappa shape index (κ2) is 8.94. The third kappa shape index (κ3) is 4.14. The summed E-state index contributed by atoms with van der Waals surface area (Å²) >= 11 is 1.47. The van der Waals surface area contributed by atoms with Crippen molar-refractivity contribution in [3.05, 3.63) is 53.1 Å². The molecule has 2 aromatic carbocycles. The van der Waals surface area contributed by atoms with E-state index in [1.165, 1.54) is 17.3 Å². The van der Waals surface area contributed by atoms with Gasteiger partial charge in [0.25, 0.3) is 0 Å². The summed E-state index contributed by atoms with van der Waals surface area (Å²) in [6.07, 6.45) is 2.71.